The highest BCUT2D eigenvalue weighted by Gasteiger charge is 2.15. The van der Waals surface area contributed by atoms with Crippen molar-refractivity contribution >= 4 is 44.2 Å². The summed E-state index contributed by atoms with van der Waals surface area (Å²) in [5.41, 5.74) is 0.728. The Morgan fingerprint density at radius 3 is 2.57 bits per heavy atom. The second-order valence-electron chi connectivity index (χ2n) is 5.04. The molecule has 0 bridgehead atoms. The highest BCUT2D eigenvalue weighted by atomic mass is 79.9. The zero-order chi connectivity index (χ0) is 15.2. The van der Waals surface area contributed by atoms with Gasteiger partial charge in [-0.15, -0.1) is 11.6 Å². The van der Waals surface area contributed by atoms with Crippen LogP contribution < -0.4 is 0 Å². The lowest BCUT2D eigenvalue weighted by atomic mass is 10.1. The molecule has 0 aromatic heterocycles. The van der Waals surface area contributed by atoms with E-state index in [1.807, 2.05) is 35.2 Å². The molecule has 0 fully saturated rings. The first kappa shape index (κ1) is 16.3. The van der Waals surface area contributed by atoms with Gasteiger partial charge in [-0.1, -0.05) is 41.4 Å². The molecule has 0 radical (unpaired) electrons. The summed E-state index contributed by atoms with van der Waals surface area (Å²) in [6.07, 6.45) is 2.07. The highest BCUT2D eigenvalue weighted by molar-refractivity contribution is 9.10. The lowest BCUT2D eigenvalue weighted by Crippen LogP contribution is -2.33. The summed E-state index contributed by atoms with van der Waals surface area (Å²) in [5.74, 6) is 0.532. The fraction of sp³-hybridized carbons (Fsp3) is 0.353. The Labute approximate surface area is 139 Å². The number of unbranched alkanes of at least 4 members (excludes halogenated alkanes) is 1. The fourth-order valence-electron chi connectivity index (χ4n) is 2.30. The fourth-order valence-corrected chi connectivity index (χ4v) is 2.88. The zero-order valence-electron chi connectivity index (χ0n) is 12.1. The van der Waals surface area contributed by atoms with Gasteiger partial charge in [0.25, 0.3) is 5.91 Å². The third-order valence-corrected chi connectivity index (χ3v) is 4.13. The molecule has 0 unspecified atom stereocenters. The van der Waals surface area contributed by atoms with E-state index in [1.54, 1.807) is 0 Å². The molecule has 21 heavy (non-hydrogen) atoms. The van der Waals surface area contributed by atoms with Crippen molar-refractivity contribution in [2.45, 2.75) is 19.8 Å². The van der Waals surface area contributed by atoms with Gasteiger partial charge in [-0.25, -0.2) is 0 Å². The maximum absolute atomic E-state index is 12.6. The maximum Gasteiger partial charge on any atom is 0.253 e. The summed E-state index contributed by atoms with van der Waals surface area (Å²) in [4.78, 5) is 14.5. The SMILES string of the molecule is CCCCN(CCCl)C(=O)c1ccc2cc(Br)ccc2c1. The Kier molecular flexibility index (Phi) is 6.07. The van der Waals surface area contributed by atoms with E-state index in [0.717, 1.165) is 40.2 Å². The second kappa shape index (κ2) is 7.81. The average molecular weight is 369 g/mol. The molecule has 0 atom stereocenters. The number of rotatable bonds is 6. The quantitative estimate of drug-likeness (QED) is 0.651. The second-order valence-corrected chi connectivity index (χ2v) is 6.33. The summed E-state index contributed by atoms with van der Waals surface area (Å²) in [5, 5.41) is 2.20. The molecule has 0 saturated carbocycles. The van der Waals surface area contributed by atoms with Gasteiger partial charge in [0, 0.05) is 29.0 Å². The monoisotopic (exact) mass is 367 g/mol. The van der Waals surface area contributed by atoms with E-state index in [2.05, 4.69) is 28.9 Å². The first-order valence-electron chi connectivity index (χ1n) is 7.20. The van der Waals surface area contributed by atoms with Gasteiger partial charge >= 0.3 is 0 Å². The summed E-state index contributed by atoms with van der Waals surface area (Å²) in [6.45, 7) is 3.48. The van der Waals surface area contributed by atoms with Crippen LogP contribution in [0.15, 0.2) is 40.9 Å². The van der Waals surface area contributed by atoms with E-state index in [1.165, 1.54) is 0 Å². The Hall–Kier alpha value is -1.06. The standard InChI is InChI=1S/C17H19BrClNO/c1-2-3-9-20(10-8-19)17(21)15-5-4-14-12-16(18)7-6-13(14)11-15/h4-7,11-12H,2-3,8-10H2,1H3. The largest absolute Gasteiger partial charge is 0.337 e. The van der Waals surface area contributed by atoms with Crippen LogP contribution in [0.1, 0.15) is 30.1 Å². The lowest BCUT2D eigenvalue weighted by Gasteiger charge is -2.21. The predicted molar refractivity (Wildman–Crippen MR) is 93.2 cm³/mol. The van der Waals surface area contributed by atoms with Gasteiger partial charge in [-0.05, 0) is 41.5 Å². The average Bonchev–Trinajstić information content (AvgIpc) is 2.50. The summed E-state index contributed by atoms with van der Waals surface area (Å²) in [6, 6.07) is 11.9. The van der Waals surface area contributed by atoms with Crippen molar-refractivity contribution in [1.29, 1.82) is 0 Å². The van der Waals surface area contributed by atoms with Crippen molar-refractivity contribution < 1.29 is 4.79 Å². The Bertz CT molecular complexity index is 629. The lowest BCUT2D eigenvalue weighted by molar-refractivity contribution is 0.0763. The topological polar surface area (TPSA) is 20.3 Å². The van der Waals surface area contributed by atoms with Gasteiger partial charge in [0.2, 0.25) is 0 Å². The Morgan fingerprint density at radius 2 is 1.86 bits per heavy atom. The van der Waals surface area contributed by atoms with Crippen LogP contribution in [0.2, 0.25) is 0 Å². The van der Waals surface area contributed by atoms with Crippen LogP contribution in [-0.2, 0) is 0 Å². The smallest absolute Gasteiger partial charge is 0.253 e. The molecular weight excluding hydrogens is 350 g/mol. The van der Waals surface area contributed by atoms with E-state index < -0.39 is 0 Å². The van der Waals surface area contributed by atoms with Crippen LogP contribution in [0.4, 0.5) is 0 Å². The third-order valence-electron chi connectivity index (χ3n) is 3.47. The molecular formula is C17H19BrClNO. The van der Waals surface area contributed by atoms with Crippen molar-refractivity contribution in [3.63, 3.8) is 0 Å². The number of carbonyl (C=O) groups excluding carboxylic acids is 1. The number of alkyl halides is 1. The third kappa shape index (κ3) is 4.21. The molecule has 0 spiro atoms. The number of fused-ring (bicyclic) bond motifs is 1. The number of amides is 1. The van der Waals surface area contributed by atoms with E-state index >= 15 is 0 Å². The van der Waals surface area contributed by atoms with Crippen molar-refractivity contribution in [1.82, 2.24) is 4.90 Å². The minimum Gasteiger partial charge on any atom is -0.337 e. The summed E-state index contributed by atoms with van der Waals surface area (Å²) >= 11 is 9.28. The number of hydrogen-bond donors (Lipinski definition) is 0. The normalized spacial score (nSPS) is 10.8. The molecule has 2 rings (SSSR count). The van der Waals surface area contributed by atoms with Gasteiger partial charge in [-0.3, -0.25) is 4.79 Å². The molecule has 0 saturated heterocycles. The Balaban J connectivity index is 2.26. The van der Waals surface area contributed by atoms with Crippen LogP contribution in [-0.4, -0.2) is 29.8 Å². The van der Waals surface area contributed by atoms with E-state index in [0.29, 0.717) is 12.4 Å². The summed E-state index contributed by atoms with van der Waals surface area (Å²) < 4.78 is 1.04. The van der Waals surface area contributed by atoms with Crippen molar-refractivity contribution in [2.24, 2.45) is 0 Å². The molecule has 0 heterocycles. The van der Waals surface area contributed by atoms with Crippen LogP contribution >= 0.6 is 27.5 Å². The van der Waals surface area contributed by atoms with E-state index in [-0.39, 0.29) is 5.91 Å². The summed E-state index contributed by atoms with van der Waals surface area (Å²) in [7, 11) is 0. The van der Waals surface area contributed by atoms with Crippen LogP contribution in [0.25, 0.3) is 10.8 Å². The number of benzene rings is 2. The molecule has 2 nitrogen and oxygen atoms in total. The first-order chi connectivity index (χ1) is 10.2. The first-order valence-corrected chi connectivity index (χ1v) is 8.53. The van der Waals surface area contributed by atoms with Gasteiger partial charge in [0.15, 0.2) is 0 Å². The number of nitrogens with zero attached hydrogens (tertiary/aromatic N) is 1. The Morgan fingerprint density at radius 1 is 1.14 bits per heavy atom. The van der Waals surface area contributed by atoms with Gasteiger partial charge in [0.05, 0.1) is 0 Å². The maximum atomic E-state index is 12.6. The van der Waals surface area contributed by atoms with E-state index in [4.69, 9.17) is 11.6 Å². The minimum absolute atomic E-state index is 0.0638. The van der Waals surface area contributed by atoms with Gasteiger partial charge in [-0.2, -0.15) is 0 Å². The van der Waals surface area contributed by atoms with Crippen LogP contribution in [0.5, 0.6) is 0 Å². The van der Waals surface area contributed by atoms with Gasteiger partial charge < -0.3 is 4.90 Å². The molecule has 0 aliphatic rings. The number of hydrogen-bond acceptors (Lipinski definition) is 1. The minimum atomic E-state index is 0.0638. The molecule has 2 aromatic carbocycles. The van der Waals surface area contributed by atoms with Crippen LogP contribution in [0.3, 0.4) is 0 Å². The molecule has 4 heteroatoms. The molecule has 2 aromatic rings. The molecule has 0 N–H and O–H groups in total. The molecule has 1 amide bonds. The highest BCUT2D eigenvalue weighted by Crippen LogP contribution is 2.21. The van der Waals surface area contributed by atoms with Crippen molar-refractivity contribution in [3.8, 4) is 0 Å². The van der Waals surface area contributed by atoms with Crippen molar-refractivity contribution in [3.05, 3.63) is 46.4 Å². The molecule has 112 valence electrons. The predicted octanol–water partition coefficient (Wildman–Crippen LogP) is 5.08. The van der Waals surface area contributed by atoms with Crippen molar-refractivity contribution in [2.75, 3.05) is 19.0 Å². The zero-order valence-corrected chi connectivity index (χ0v) is 14.5. The number of carbonyl (C=O) groups is 1. The van der Waals surface area contributed by atoms with Gasteiger partial charge in [0.1, 0.15) is 0 Å². The number of halogens is 2. The molecule has 0 aliphatic heterocycles. The van der Waals surface area contributed by atoms with Crippen LogP contribution in [0, 0.1) is 0 Å². The van der Waals surface area contributed by atoms with E-state index in [9.17, 15) is 4.79 Å². The molecule has 0 aliphatic carbocycles.